The summed E-state index contributed by atoms with van der Waals surface area (Å²) < 4.78 is 10.8. The van der Waals surface area contributed by atoms with E-state index in [9.17, 15) is 0 Å². The molecule has 0 bridgehead atoms. The number of thiazole rings is 1. The minimum Gasteiger partial charge on any atom is -0.497 e. The molecular weight excluding hydrogens is 463 g/mol. The van der Waals surface area contributed by atoms with Crippen molar-refractivity contribution in [2.24, 2.45) is 4.99 Å². The summed E-state index contributed by atoms with van der Waals surface area (Å²) in [6, 6.07) is 7.60. The molecule has 1 heterocycles. The van der Waals surface area contributed by atoms with E-state index in [0.29, 0.717) is 6.61 Å². The molecule has 2 aromatic rings. The minimum absolute atomic E-state index is 0. The van der Waals surface area contributed by atoms with Crippen molar-refractivity contribution in [3.63, 3.8) is 0 Å². The SMILES string of the molecule is CN=C(NCCCOc1ccc(OC)cc1)NCCc1csc(C)n1.I. The second-order valence-corrected chi connectivity index (χ2v) is 6.47. The Kier molecular flexibility index (Phi) is 11.0. The van der Waals surface area contributed by atoms with E-state index in [1.165, 1.54) is 0 Å². The fraction of sp³-hybridized carbons (Fsp3) is 0.444. The Labute approximate surface area is 176 Å². The maximum absolute atomic E-state index is 5.70. The molecule has 8 heteroatoms. The molecule has 0 aliphatic heterocycles. The van der Waals surface area contributed by atoms with Gasteiger partial charge in [0.05, 0.1) is 24.4 Å². The lowest BCUT2D eigenvalue weighted by molar-refractivity contribution is 0.310. The number of nitrogens with zero attached hydrogens (tertiary/aromatic N) is 2. The summed E-state index contributed by atoms with van der Waals surface area (Å²) in [7, 11) is 3.43. The standard InChI is InChI=1S/C18H26N4O2S.HI/c1-14-22-15(13-25-14)9-11-21-18(19-2)20-10-4-12-24-17-7-5-16(23-3)6-8-17;/h5-8,13H,4,9-12H2,1-3H3,(H2,19,20,21);1H. The van der Waals surface area contributed by atoms with Crippen LogP contribution in [-0.2, 0) is 6.42 Å². The van der Waals surface area contributed by atoms with Gasteiger partial charge in [-0.3, -0.25) is 4.99 Å². The summed E-state index contributed by atoms with van der Waals surface area (Å²) >= 11 is 1.68. The molecule has 6 nitrogen and oxygen atoms in total. The summed E-state index contributed by atoms with van der Waals surface area (Å²) in [6.45, 7) is 4.28. The average Bonchev–Trinajstić information content (AvgIpc) is 3.05. The van der Waals surface area contributed by atoms with Crippen molar-refractivity contribution >= 4 is 41.3 Å². The normalized spacial score (nSPS) is 10.8. The molecule has 1 aromatic heterocycles. The molecular formula is C18H27IN4O2S. The number of aliphatic imine (C=N–C) groups is 1. The van der Waals surface area contributed by atoms with Gasteiger partial charge in [0.2, 0.25) is 0 Å². The highest BCUT2D eigenvalue weighted by atomic mass is 127. The Balaban J connectivity index is 0.00000338. The third kappa shape index (κ3) is 8.22. The van der Waals surface area contributed by atoms with Crippen LogP contribution in [0.3, 0.4) is 0 Å². The largest absolute Gasteiger partial charge is 0.497 e. The molecule has 0 saturated heterocycles. The number of methoxy groups -OCH3 is 1. The monoisotopic (exact) mass is 490 g/mol. The lowest BCUT2D eigenvalue weighted by atomic mass is 10.3. The minimum atomic E-state index is 0. The summed E-state index contributed by atoms with van der Waals surface area (Å²) in [5, 5.41) is 9.79. The first-order chi connectivity index (χ1) is 12.2. The van der Waals surface area contributed by atoms with Crippen molar-refractivity contribution in [2.75, 3.05) is 33.9 Å². The first-order valence-corrected chi connectivity index (χ1v) is 9.21. The first kappa shape index (κ1) is 22.5. The Hall–Kier alpha value is -1.55. The lowest BCUT2D eigenvalue weighted by Crippen LogP contribution is -2.39. The van der Waals surface area contributed by atoms with Crippen molar-refractivity contribution in [1.82, 2.24) is 15.6 Å². The number of hydrogen-bond acceptors (Lipinski definition) is 5. The Morgan fingerprint density at radius 1 is 1.15 bits per heavy atom. The van der Waals surface area contributed by atoms with Gasteiger partial charge < -0.3 is 20.1 Å². The molecule has 0 aliphatic carbocycles. The summed E-state index contributed by atoms with van der Waals surface area (Å²) in [6.07, 6.45) is 1.78. The van der Waals surface area contributed by atoms with E-state index < -0.39 is 0 Å². The quantitative estimate of drug-likeness (QED) is 0.245. The molecule has 0 aliphatic rings. The fourth-order valence-electron chi connectivity index (χ4n) is 2.19. The predicted octanol–water partition coefficient (Wildman–Crippen LogP) is 3.25. The van der Waals surface area contributed by atoms with Crippen molar-refractivity contribution in [3.05, 3.63) is 40.3 Å². The predicted molar refractivity (Wildman–Crippen MR) is 118 cm³/mol. The van der Waals surface area contributed by atoms with E-state index in [1.807, 2.05) is 31.2 Å². The summed E-state index contributed by atoms with van der Waals surface area (Å²) in [4.78, 5) is 8.67. The summed E-state index contributed by atoms with van der Waals surface area (Å²) in [5.74, 6) is 2.48. The number of hydrogen-bond donors (Lipinski definition) is 2. The van der Waals surface area contributed by atoms with E-state index in [0.717, 1.165) is 54.1 Å². The lowest BCUT2D eigenvalue weighted by Gasteiger charge is -2.12. The van der Waals surface area contributed by atoms with Gasteiger partial charge in [0.1, 0.15) is 11.5 Å². The van der Waals surface area contributed by atoms with Gasteiger partial charge >= 0.3 is 0 Å². The molecule has 0 amide bonds. The zero-order valence-electron chi connectivity index (χ0n) is 15.4. The molecule has 144 valence electrons. The van der Waals surface area contributed by atoms with Crippen LogP contribution < -0.4 is 20.1 Å². The summed E-state index contributed by atoms with van der Waals surface area (Å²) in [5.41, 5.74) is 1.12. The first-order valence-electron chi connectivity index (χ1n) is 8.33. The molecule has 2 N–H and O–H groups in total. The van der Waals surface area contributed by atoms with Gasteiger partial charge in [0, 0.05) is 31.9 Å². The van der Waals surface area contributed by atoms with Crippen molar-refractivity contribution in [2.45, 2.75) is 19.8 Å². The van der Waals surface area contributed by atoms with Crippen LogP contribution in [0.25, 0.3) is 0 Å². The molecule has 1 aromatic carbocycles. The molecule has 0 spiro atoms. The Bertz CT molecular complexity index is 661. The molecule has 0 unspecified atom stereocenters. The maximum Gasteiger partial charge on any atom is 0.190 e. The molecule has 0 radical (unpaired) electrons. The Morgan fingerprint density at radius 2 is 1.85 bits per heavy atom. The number of nitrogens with one attached hydrogen (secondary N) is 2. The van der Waals surface area contributed by atoms with Crippen LogP contribution in [0.15, 0.2) is 34.6 Å². The van der Waals surface area contributed by atoms with Crippen molar-refractivity contribution < 1.29 is 9.47 Å². The molecule has 0 saturated carbocycles. The molecule has 0 atom stereocenters. The number of rotatable bonds is 9. The number of ether oxygens (including phenoxy) is 2. The number of benzene rings is 1. The second-order valence-electron chi connectivity index (χ2n) is 5.41. The van der Waals surface area contributed by atoms with E-state index in [2.05, 4.69) is 26.0 Å². The fourth-order valence-corrected chi connectivity index (χ4v) is 2.84. The highest BCUT2D eigenvalue weighted by molar-refractivity contribution is 14.0. The Morgan fingerprint density at radius 3 is 2.46 bits per heavy atom. The van der Waals surface area contributed by atoms with Crippen LogP contribution >= 0.6 is 35.3 Å². The topological polar surface area (TPSA) is 67.8 Å². The molecule has 26 heavy (non-hydrogen) atoms. The van der Waals surface area contributed by atoms with Gasteiger partial charge in [-0.25, -0.2) is 4.98 Å². The van der Waals surface area contributed by atoms with Gasteiger partial charge in [0.15, 0.2) is 5.96 Å². The highest BCUT2D eigenvalue weighted by Gasteiger charge is 2.01. The van der Waals surface area contributed by atoms with Gasteiger partial charge in [0.25, 0.3) is 0 Å². The average molecular weight is 490 g/mol. The van der Waals surface area contributed by atoms with Crippen LogP contribution in [0.5, 0.6) is 11.5 Å². The van der Waals surface area contributed by atoms with Crippen molar-refractivity contribution in [1.29, 1.82) is 0 Å². The van der Waals surface area contributed by atoms with Crippen molar-refractivity contribution in [3.8, 4) is 11.5 Å². The number of guanidine groups is 1. The zero-order chi connectivity index (χ0) is 17.9. The van der Waals surface area contributed by atoms with Crippen LogP contribution in [0.2, 0.25) is 0 Å². The van der Waals surface area contributed by atoms with Gasteiger partial charge in [-0.1, -0.05) is 0 Å². The van der Waals surface area contributed by atoms with E-state index in [-0.39, 0.29) is 24.0 Å². The van der Waals surface area contributed by atoms with E-state index >= 15 is 0 Å². The van der Waals surface area contributed by atoms with Crippen LogP contribution in [-0.4, -0.2) is 44.8 Å². The van der Waals surface area contributed by atoms with Crippen LogP contribution in [0, 0.1) is 6.92 Å². The third-order valence-corrected chi connectivity index (χ3v) is 4.33. The molecule has 0 fully saturated rings. The number of aryl methyl sites for hydroxylation is 1. The smallest absolute Gasteiger partial charge is 0.190 e. The van der Waals surface area contributed by atoms with Crippen LogP contribution in [0.4, 0.5) is 0 Å². The number of aromatic nitrogens is 1. The van der Waals surface area contributed by atoms with Gasteiger partial charge in [-0.2, -0.15) is 0 Å². The van der Waals surface area contributed by atoms with Crippen LogP contribution in [0.1, 0.15) is 17.1 Å². The van der Waals surface area contributed by atoms with E-state index in [1.54, 1.807) is 25.5 Å². The zero-order valence-corrected chi connectivity index (χ0v) is 18.6. The number of halogens is 1. The molecule has 2 rings (SSSR count). The van der Waals surface area contributed by atoms with E-state index in [4.69, 9.17) is 9.47 Å². The highest BCUT2D eigenvalue weighted by Crippen LogP contribution is 2.16. The maximum atomic E-state index is 5.70. The third-order valence-electron chi connectivity index (χ3n) is 3.51. The van der Waals surface area contributed by atoms with Gasteiger partial charge in [-0.05, 0) is 37.6 Å². The second kappa shape index (κ2) is 12.7. The van der Waals surface area contributed by atoms with Gasteiger partial charge in [-0.15, -0.1) is 35.3 Å².